The van der Waals surface area contributed by atoms with Crippen molar-refractivity contribution in [3.63, 3.8) is 0 Å². The minimum absolute atomic E-state index is 0.162. The molecule has 18 heavy (non-hydrogen) atoms. The standard InChI is InChI=1S/C13H15NO4/c1-9-10(2)14(18-12(9)15)13(16)17-8-11-6-4-3-5-7-11/h3-7,9-10H,8H2,1-2H3/t9-,10+/m1/s1. The van der Waals surface area contributed by atoms with Crippen molar-refractivity contribution in [3.05, 3.63) is 35.9 Å². The fourth-order valence-corrected chi connectivity index (χ4v) is 1.65. The van der Waals surface area contributed by atoms with Crippen molar-refractivity contribution in [1.82, 2.24) is 5.06 Å². The van der Waals surface area contributed by atoms with Gasteiger partial charge in [0, 0.05) is 0 Å². The maximum absolute atomic E-state index is 11.7. The largest absolute Gasteiger partial charge is 0.443 e. The first-order valence-electron chi connectivity index (χ1n) is 5.81. The summed E-state index contributed by atoms with van der Waals surface area (Å²) in [5.74, 6) is -0.728. The Hall–Kier alpha value is -2.04. The molecule has 1 amide bonds. The minimum Gasteiger partial charge on any atom is -0.442 e. The molecule has 0 saturated carbocycles. The topological polar surface area (TPSA) is 55.8 Å². The van der Waals surface area contributed by atoms with Gasteiger partial charge in [-0.15, -0.1) is 5.06 Å². The van der Waals surface area contributed by atoms with E-state index in [4.69, 9.17) is 9.57 Å². The molecule has 2 rings (SSSR count). The molecule has 1 heterocycles. The summed E-state index contributed by atoms with van der Waals surface area (Å²) in [5, 5.41) is 0.996. The van der Waals surface area contributed by atoms with E-state index in [0.29, 0.717) is 0 Å². The second kappa shape index (κ2) is 5.08. The van der Waals surface area contributed by atoms with Crippen molar-refractivity contribution < 1.29 is 19.2 Å². The average molecular weight is 249 g/mol. The molecule has 0 unspecified atom stereocenters. The lowest BCUT2D eigenvalue weighted by Gasteiger charge is -2.18. The fraction of sp³-hybridized carbons (Fsp3) is 0.385. The van der Waals surface area contributed by atoms with Gasteiger partial charge in [-0.3, -0.25) is 0 Å². The predicted molar refractivity (Wildman–Crippen MR) is 63.2 cm³/mol. The van der Waals surface area contributed by atoms with Crippen LogP contribution in [0.3, 0.4) is 0 Å². The van der Waals surface area contributed by atoms with Crippen LogP contribution in [-0.4, -0.2) is 23.2 Å². The number of amides is 1. The number of hydroxylamine groups is 2. The second-order valence-electron chi connectivity index (χ2n) is 4.31. The maximum atomic E-state index is 11.7. The van der Waals surface area contributed by atoms with Crippen LogP contribution in [0.15, 0.2) is 30.3 Å². The van der Waals surface area contributed by atoms with Crippen LogP contribution >= 0.6 is 0 Å². The third kappa shape index (κ3) is 2.45. The third-order valence-corrected chi connectivity index (χ3v) is 3.04. The van der Waals surface area contributed by atoms with E-state index in [9.17, 15) is 9.59 Å². The van der Waals surface area contributed by atoms with E-state index in [2.05, 4.69) is 0 Å². The number of ether oxygens (including phenoxy) is 1. The zero-order valence-electron chi connectivity index (χ0n) is 10.3. The van der Waals surface area contributed by atoms with Crippen LogP contribution in [0.2, 0.25) is 0 Å². The van der Waals surface area contributed by atoms with Crippen molar-refractivity contribution in [3.8, 4) is 0 Å². The first kappa shape index (κ1) is 12.4. The Morgan fingerprint density at radius 3 is 2.56 bits per heavy atom. The summed E-state index contributed by atoms with van der Waals surface area (Å²) in [4.78, 5) is 27.9. The van der Waals surface area contributed by atoms with Crippen LogP contribution < -0.4 is 0 Å². The van der Waals surface area contributed by atoms with Gasteiger partial charge >= 0.3 is 12.1 Å². The van der Waals surface area contributed by atoms with Gasteiger partial charge in [0.2, 0.25) is 0 Å². The summed E-state index contributed by atoms with van der Waals surface area (Å²) in [7, 11) is 0. The van der Waals surface area contributed by atoms with Crippen LogP contribution in [-0.2, 0) is 21.0 Å². The Balaban J connectivity index is 1.91. The highest BCUT2D eigenvalue weighted by molar-refractivity contribution is 5.79. The van der Waals surface area contributed by atoms with E-state index >= 15 is 0 Å². The van der Waals surface area contributed by atoms with Crippen molar-refractivity contribution in [2.45, 2.75) is 26.5 Å². The monoisotopic (exact) mass is 249 g/mol. The Morgan fingerprint density at radius 2 is 2.00 bits per heavy atom. The highest BCUT2D eigenvalue weighted by Gasteiger charge is 2.41. The summed E-state index contributed by atoms with van der Waals surface area (Å²) < 4.78 is 5.09. The first-order chi connectivity index (χ1) is 8.59. The van der Waals surface area contributed by atoms with Gasteiger partial charge in [-0.25, -0.2) is 9.59 Å². The number of hydrogen-bond donors (Lipinski definition) is 0. The number of hydrogen-bond acceptors (Lipinski definition) is 4. The molecule has 5 heteroatoms. The van der Waals surface area contributed by atoms with E-state index in [0.717, 1.165) is 10.6 Å². The number of carbonyl (C=O) groups excluding carboxylic acids is 2. The fourth-order valence-electron chi connectivity index (χ4n) is 1.65. The Morgan fingerprint density at radius 1 is 1.33 bits per heavy atom. The lowest BCUT2D eigenvalue weighted by molar-refractivity contribution is -0.167. The minimum atomic E-state index is -0.635. The van der Waals surface area contributed by atoms with Crippen molar-refractivity contribution in [2.75, 3.05) is 0 Å². The number of benzene rings is 1. The number of nitrogens with zero attached hydrogens (tertiary/aromatic N) is 1. The van der Waals surface area contributed by atoms with Crippen LogP contribution in [0.4, 0.5) is 4.79 Å². The molecule has 0 N–H and O–H groups in total. The smallest absolute Gasteiger partial charge is 0.442 e. The first-order valence-corrected chi connectivity index (χ1v) is 5.81. The molecular formula is C13H15NO4. The van der Waals surface area contributed by atoms with Gasteiger partial charge in [-0.2, -0.15) is 0 Å². The lowest BCUT2D eigenvalue weighted by Crippen LogP contribution is -2.34. The van der Waals surface area contributed by atoms with Crippen LogP contribution in [0.25, 0.3) is 0 Å². The van der Waals surface area contributed by atoms with Gasteiger partial charge in [-0.05, 0) is 19.4 Å². The van der Waals surface area contributed by atoms with Gasteiger partial charge in [0.15, 0.2) is 0 Å². The summed E-state index contributed by atoms with van der Waals surface area (Å²) in [6.07, 6.45) is -0.635. The summed E-state index contributed by atoms with van der Waals surface area (Å²) in [6.45, 7) is 3.63. The van der Waals surface area contributed by atoms with Crippen molar-refractivity contribution in [1.29, 1.82) is 0 Å². The molecular weight excluding hydrogens is 234 g/mol. The molecule has 96 valence electrons. The van der Waals surface area contributed by atoms with Gasteiger partial charge in [0.25, 0.3) is 0 Å². The van der Waals surface area contributed by atoms with E-state index < -0.39 is 12.1 Å². The highest BCUT2D eigenvalue weighted by Crippen LogP contribution is 2.22. The lowest BCUT2D eigenvalue weighted by atomic mass is 10.1. The zero-order valence-corrected chi connectivity index (χ0v) is 10.3. The summed E-state index contributed by atoms with van der Waals surface area (Å²) in [5.41, 5.74) is 0.886. The van der Waals surface area contributed by atoms with E-state index in [1.54, 1.807) is 13.8 Å². The molecule has 0 spiro atoms. The average Bonchev–Trinajstić information content (AvgIpc) is 2.65. The molecule has 1 aromatic rings. The van der Waals surface area contributed by atoms with Gasteiger partial charge in [0.05, 0.1) is 12.0 Å². The Kier molecular flexibility index (Phi) is 3.50. The van der Waals surface area contributed by atoms with Gasteiger partial charge < -0.3 is 9.57 Å². The molecule has 0 aromatic heterocycles. The summed E-state index contributed by atoms with van der Waals surface area (Å²) in [6, 6.07) is 9.02. The zero-order chi connectivity index (χ0) is 13.1. The molecule has 1 fully saturated rings. The maximum Gasteiger partial charge on any atom is 0.443 e. The summed E-state index contributed by atoms with van der Waals surface area (Å²) >= 11 is 0. The van der Waals surface area contributed by atoms with E-state index in [1.807, 2.05) is 30.3 Å². The molecule has 1 aromatic carbocycles. The molecule has 2 atom stereocenters. The molecule has 1 saturated heterocycles. The van der Waals surface area contributed by atoms with E-state index in [-0.39, 0.29) is 18.6 Å². The van der Waals surface area contributed by atoms with Crippen LogP contribution in [0.5, 0.6) is 0 Å². The normalized spacial score (nSPS) is 22.8. The molecule has 0 radical (unpaired) electrons. The molecule has 5 nitrogen and oxygen atoms in total. The number of rotatable bonds is 2. The SMILES string of the molecule is C[C@H]1C(=O)ON(C(=O)OCc2ccccc2)[C@H]1C. The van der Waals surface area contributed by atoms with Crippen molar-refractivity contribution in [2.24, 2.45) is 5.92 Å². The Labute approximate surface area is 105 Å². The Bertz CT molecular complexity index is 446. The second-order valence-corrected chi connectivity index (χ2v) is 4.31. The molecule has 1 aliphatic rings. The van der Waals surface area contributed by atoms with Crippen LogP contribution in [0.1, 0.15) is 19.4 Å². The van der Waals surface area contributed by atoms with E-state index in [1.165, 1.54) is 0 Å². The van der Waals surface area contributed by atoms with Crippen LogP contribution in [0, 0.1) is 5.92 Å². The number of carbonyl (C=O) groups is 2. The molecule has 1 aliphatic heterocycles. The highest BCUT2D eigenvalue weighted by atomic mass is 16.8. The van der Waals surface area contributed by atoms with Gasteiger partial charge in [-0.1, -0.05) is 30.3 Å². The molecule has 0 aliphatic carbocycles. The third-order valence-electron chi connectivity index (χ3n) is 3.04. The quantitative estimate of drug-likeness (QED) is 0.805. The van der Waals surface area contributed by atoms with Crippen molar-refractivity contribution >= 4 is 12.1 Å². The van der Waals surface area contributed by atoms with Gasteiger partial charge in [0.1, 0.15) is 6.61 Å². The predicted octanol–water partition coefficient (Wildman–Crippen LogP) is 2.12. The molecule has 0 bridgehead atoms.